The number of hydrogen-bond acceptors (Lipinski definition) is 4. The topological polar surface area (TPSA) is 68.9 Å². The van der Waals surface area contributed by atoms with Gasteiger partial charge in [-0.2, -0.15) is 0 Å². The van der Waals surface area contributed by atoms with E-state index in [1.807, 2.05) is 30.3 Å². The Morgan fingerprint density at radius 3 is 2.59 bits per heavy atom. The highest BCUT2D eigenvalue weighted by Gasteiger charge is 2.16. The van der Waals surface area contributed by atoms with E-state index in [0.29, 0.717) is 19.0 Å². The number of benzene rings is 1. The fourth-order valence-electron chi connectivity index (χ4n) is 1.50. The standard InChI is InChI=1S/C12H19N3O2/c1-16-9-8-14-12(15-13)11(17-2)10-6-4-3-5-7-10/h3-7,11H,8-9,13H2,1-2H3,(H,14,15). The molecule has 0 fully saturated rings. The molecule has 0 aliphatic heterocycles. The third-order valence-electron chi connectivity index (χ3n) is 2.31. The van der Waals surface area contributed by atoms with Gasteiger partial charge in [0.1, 0.15) is 11.9 Å². The third kappa shape index (κ3) is 4.14. The summed E-state index contributed by atoms with van der Waals surface area (Å²) in [5.74, 6) is 6.06. The van der Waals surface area contributed by atoms with Gasteiger partial charge >= 0.3 is 0 Å². The van der Waals surface area contributed by atoms with E-state index in [1.54, 1.807) is 14.2 Å². The van der Waals surface area contributed by atoms with Gasteiger partial charge in [-0.1, -0.05) is 30.3 Å². The summed E-state index contributed by atoms with van der Waals surface area (Å²) in [5.41, 5.74) is 3.58. The molecule has 1 rings (SSSR count). The van der Waals surface area contributed by atoms with Crippen molar-refractivity contribution in [3.63, 3.8) is 0 Å². The number of hydrazine groups is 1. The van der Waals surface area contributed by atoms with Crippen molar-refractivity contribution in [1.29, 1.82) is 0 Å². The Hall–Kier alpha value is -1.43. The van der Waals surface area contributed by atoms with E-state index in [4.69, 9.17) is 15.3 Å². The summed E-state index contributed by atoms with van der Waals surface area (Å²) in [6.45, 7) is 1.10. The highest BCUT2D eigenvalue weighted by molar-refractivity contribution is 5.87. The predicted molar refractivity (Wildman–Crippen MR) is 67.7 cm³/mol. The molecule has 1 aromatic carbocycles. The smallest absolute Gasteiger partial charge is 0.145 e. The number of nitrogens with one attached hydrogen (secondary N) is 1. The number of nitrogens with zero attached hydrogens (tertiary/aromatic N) is 1. The van der Waals surface area contributed by atoms with Gasteiger partial charge in [0, 0.05) is 14.2 Å². The molecule has 1 aromatic rings. The predicted octanol–water partition coefficient (Wildman–Crippen LogP) is 0.882. The van der Waals surface area contributed by atoms with Crippen LogP contribution in [0.3, 0.4) is 0 Å². The largest absolute Gasteiger partial charge is 0.383 e. The maximum absolute atomic E-state index is 5.47. The minimum Gasteiger partial charge on any atom is -0.383 e. The van der Waals surface area contributed by atoms with E-state index >= 15 is 0 Å². The molecule has 0 saturated heterocycles. The van der Waals surface area contributed by atoms with Crippen molar-refractivity contribution >= 4 is 5.84 Å². The zero-order valence-corrected chi connectivity index (χ0v) is 10.2. The van der Waals surface area contributed by atoms with Crippen LogP contribution in [0.2, 0.25) is 0 Å². The van der Waals surface area contributed by atoms with Crippen molar-refractivity contribution in [3.8, 4) is 0 Å². The normalized spacial score (nSPS) is 13.5. The molecule has 0 aliphatic rings. The molecule has 0 amide bonds. The summed E-state index contributed by atoms with van der Waals surface area (Å²) in [5, 5.41) is 0. The minimum absolute atomic E-state index is 0.280. The van der Waals surface area contributed by atoms with E-state index in [-0.39, 0.29) is 6.10 Å². The van der Waals surface area contributed by atoms with Crippen LogP contribution in [0, 0.1) is 0 Å². The van der Waals surface area contributed by atoms with Crippen molar-refractivity contribution in [2.45, 2.75) is 6.10 Å². The first kappa shape index (κ1) is 13.6. The van der Waals surface area contributed by atoms with Gasteiger partial charge in [-0.05, 0) is 5.56 Å². The number of rotatable bonds is 6. The Kier molecular flexibility index (Phi) is 6.24. The van der Waals surface area contributed by atoms with Crippen molar-refractivity contribution < 1.29 is 9.47 Å². The van der Waals surface area contributed by atoms with Crippen LogP contribution in [-0.4, -0.2) is 33.2 Å². The third-order valence-corrected chi connectivity index (χ3v) is 2.31. The second-order valence-corrected chi connectivity index (χ2v) is 3.43. The molecule has 0 spiro atoms. The first-order valence-corrected chi connectivity index (χ1v) is 5.41. The van der Waals surface area contributed by atoms with Gasteiger partial charge in [-0.3, -0.25) is 4.99 Å². The lowest BCUT2D eigenvalue weighted by Gasteiger charge is -2.17. The number of amidine groups is 1. The zero-order valence-electron chi connectivity index (χ0n) is 10.2. The highest BCUT2D eigenvalue weighted by atomic mass is 16.5. The average molecular weight is 237 g/mol. The number of nitrogens with two attached hydrogens (primary N) is 1. The van der Waals surface area contributed by atoms with E-state index in [0.717, 1.165) is 5.56 Å². The maximum Gasteiger partial charge on any atom is 0.145 e. The highest BCUT2D eigenvalue weighted by Crippen LogP contribution is 2.16. The Bertz CT molecular complexity index is 341. The van der Waals surface area contributed by atoms with Crippen molar-refractivity contribution in [2.75, 3.05) is 27.4 Å². The first-order valence-electron chi connectivity index (χ1n) is 5.41. The van der Waals surface area contributed by atoms with E-state index in [9.17, 15) is 0 Å². The fourth-order valence-corrected chi connectivity index (χ4v) is 1.50. The molecule has 3 N–H and O–H groups in total. The molecular weight excluding hydrogens is 218 g/mol. The Morgan fingerprint density at radius 1 is 1.35 bits per heavy atom. The van der Waals surface area contributed by atoms with Crippen molar-refractivity contribution in [2.24, 2.45) is 10.8 Å². The molecule has 0 aliphatic carbocycles. The summed E-state index contributed by atoms with van der Waals surface area (Å²) in [7, 11) is 3.26. The molecule has 94 valence electrons. The van der Waals surface area contributed by atoms with Crippen LogP contribution < -0.4 is 11.3 Å². The zero-order chi connectivity index (χ0) is 12.5. The summed E-state index contributed by atoms with van der Waals surface area (Å²) in [6.07, 6.45) is -0.280. The van der Waals surface area contributed by atoms with Gasteiger partial charge in [0.15, 0.2) is 0 Å². The molecule has 1 atom stereocenters. The van der Waals surface area contributed by atoms with E-state index in [1.165, 1.54) is 0 Å². The summed E-state index contributed by atoms with van der Waals surface area (Å²) in [4.78, 5) is 4.31. The number of ether oxygens (including phenoxy) is 2. The number of aliphatic imine (C=N–C) groups is 1. The van der Waals surface area contributed by atoms with Crippen LogP contribution >= 0.6 is 0 Å². The number of hydrogen-bond donors (Lipinski definition) is 2. The summed E-state index contributed by atoms with van der Waals surface area (Å²) >= 11 is 0. The van der Waals surface area contributed by atoms with Crippen LogP contribution in [0.15, 0.2) is 35.3 Å². The Labute approximate surface area is 102 Å². The summed E-state index contributed by atoms with van der Waals surface area (Å²) in [6, 6.07) is 9.79. The Morgan fingerprint density at radius 2 is 2.06 bits per heavy atom. The quantitative estimate of drug-likeness (QED) is 0.253. The molecule has 5 nitrogen and oxygen atoms in total. The van der Waals surface area contributed by atoms with Gasteiger partial charge in [0.05, 0.1) is 13.2 Å². The molecule has 1 unspecified atom stereocenters. The monoisotopic (exact) mass is 237 g/mol. The van der Waals surface area contributed by atoms with Gasteiger partial charge in [-0.25, -0.2) is 5.84 Å². The summed E-state index contributed by atoms with van der Waals surface area (Å²) < 4.78 is 10.3. The molecule has 17 heavy (non-hydrogen) atoms. The van der Waals surface area contributed by atoms with Crippen LogP contribution in [0.25, 0.3) is 0 Å². The van der Waals surface area contributed by atoms with Crippen LogP contribution in [0.4, 0.5) is 0 Å². The minimum atomic E-state index is -0.280. The van der Waals surface area contributed by atoms with Gasteiger partial charge in [0.25, 0.3) is 0 Å². The van der Waals surface area contributed by atoms with Crippen LogP contribution in [0.5, 0.6) is 0 Å². The van der Waals surface area contributed by atoms with E-state index in [2.05, 4.69) is 10.4 Å². The molecule has 0 aromatic heterocycles. The molecule has 0 heterocycles. The number of methoxy groups -OCH3 is 2. The molecular formula is C12H19N3O2. The van der Waals surface area contributed by atoms with Crippen LogP contribution in [-0.2, 0) is 9.47 Å². The molecule has 0 saturated carbocycles. The van der Waals surface area contributed by atoms with Gasteiger partial charge in [-0.15, -0.1) is 0 Å². The second kappa shape index (κ2) is 7.78. The lowest BCUT2D eigenvalue weighted by molar-refractivity contribution is 0.154. The van der Waals surface area contributed by atoms with Crippen molar-refractivity contribution in [1.82, 2.24) is 5.43 Å². The van der Waals surface area contributed by atoms with Crippen LogP contribution in [0.1, 0.15) is 11.7 Å². The average Bonchev–Trinajstić information content (AvgIpc) is 2.39. The SMILES string of the molecule is COCCN=C(NN)C(OC)c1ccccc1. The fraction of sp³-hybridized carbons (Fsp3) is 0.417. The van der Waals surface area contributed by atoms with Gasteiger partial charge < -0.3 is 14.9 Å². The lowest BCUT2D eigenvalue weighted by Crippen LogP contribution is -2.36. The van der Waals surface area contributed by atoms with Gasteiger partial charge in [0.2, 0.25) is 0 Å². The first-order chi connectivity index (χ1) is 8.33. The van der Waals surface area contributed by atoms with Crippen molar-refractivity contribution in [3.05, 3.63) is 35.9 Å². The molecule has 0 bridgehead atoms. The lowest BCUT2D eigenvalue weighted by atomic mass is 10.1. The maximum atomic E-state index is 5.47. The second-order valence-electron chi connectivity index (χ2n) is 3.43. The Balaban J connectivity index is 2.80. The molecule has 0 radical (unpaired) electrons. The molecule has 5 heteroatoms. The van der Waals surface area contributed by atoms with E-state index < -0.39 is 0 Å².